The molecule has 140 valence electrons. The Kier molecular flexibility index (Phi) is 4.82. The first-order valence-electron chi connectivity index (χ1n) is 8.77. The summed E-state index contributed by atoms with van der Waals surface area (Å²) >= 11 is 1.56. The minimum Gasteiger partial charge on any atom is -0.364 e. The molecule has 9 nitrogen and oxygen atoms in total. The molecule has 1 aliphatic rings. The molecule has 0 spiro atoms. The highest BCUT2D eigenvalue weighted by atomic mass is 32.1. The summed E-state index contributed by atoms with van der Waals surface area (Å²) < 4.78 is 1.07. The van der Waals surface area contributed by atoms with Gasteiger partial charge in [-0.2, -0.15) is 4.98 Å². The van der Waals surface area contributed by atoms with Gasteiger partial charge in [0.1, 0.15) is 0 Å². The van der Waals surface area contributed by atoms with E-state index >= 15 is 0 Å². The highest BCUT2D eigenvalue weighted by Gasteiger charge is 2.23. The number of anilines is 3. The van der Waals surface area contributed by atoms with E-state index in [1.807, 2.05) is 18.2 Å². The van der Waals surface area contributed by atoms with Gasteiger partial charge in [0.15, 0.2) is 11.5 Å². The third-order valence-corrected chi connectivity index (χ3v) is 5.46. The monoisotopic (exact) mass is 384 g/mol. The van der Waals surface area contributed by atoms with Crippen LogP contribution in [-0.2, 0) is 0 Å². The number of nitrogens with one attached hydrogen (secondary N) is 2. The number of amides is 1. The zero-order valence-electron chi connectivity index (χ0n) is 14.6. The molecule has 0 aliphatic heterocycles. The van der Waals surface area contributed by atoms with Gasteiger partial charge in [0, 0.05) is 17.8 Å². The Hall–Kier alpha value is -2.85. The first kappa shape index (κ1) is 17.6. The van der Waals surface area contributed by atoms with Gasteiger partial charge in [0.25, 0.3) is 5.91 Å². The van der Waals surface area contributed by atoms with Crippen molar-refractivity contribution in [2.24, 2.45) is 11.5 Å². The van der Waals surface area contributed by atoms with Gasteiger partial charge in [-0.25, -0.2) is 4.98 Å². The van der Waals surface area contributed by atoms with Crippen LogP contribution in [0, 0.1) is 0 Å². The average Bonchev–Trinajstić information content (AvgIpc) is 3.11. The molecule has 6 N–H and O–H groups in total. The van der Waals surface area contributed by atoms with Gasteiger partial charge in [-0.1, -0.05) is 12.8 Å². The van der Waals surface area contributed by atoms with Crippen LogP contribution in [0.4, 0.5) is 17.5 Å². The Labute approximate surface area is 159 Å². The van der Waals surface area contributed by atoms with Gasteiger partial charge in [-0.3, -0.25) is 4.79 Å². The number of hydrogen-bond acceptors (Lipinski definition) is 9. The summed E-state index contributed by atoms with van der Waals surface area (Å²) in [6, 6.07) is 5.84. The van der Waals surface area contributed by atoms with Crippen LogP contribution in [0.3, 0.4) is 0 Å². The number of thiazole rings is 1. The van der Waals surface area contributed by atoms with Crippen molar-refractivity contribution in [3.8, 4) is 0 Å². The average molecular weight is 384 g/mol. The third-order valence-electron chi connectivity index (χ3n) is 4.65. The number of carbonyl (C=O) groups excluding carboxylic acids is 1. The number of carbonyl (C=O) groups is 1. The number of aromatic nitrogens is 4. The summed E-state index contributed by atoms with van der Waals surface area (Å²) in [5.41, 5.74) is 15.0. The van der Waals surface area contributed by atoms with Crippen molar-refractivity contribution in [2.75, 3.05) is 10.6 Å². The fraction of sp³-hybridized carbons (Fsp3) is 0.353. The zero-order valence-corrected chi connectivity index (χ0v) is 15.4. The number of hydrogen-bond donors (Lipinski definition) is 4. The lowest BCUT2D eigenvalue weighted by atomic mass is 9.91. The molecule has 1 aliphatic carbocycles. The molecule has 2 heterocycles. The lowest BCUT2D eigenvalue weighted by Crippen LogP contribution is -2.43. The number of benzene rings is 1. The van der Waals surface area contributed by atoms with Crippen molar-refractivity contribution in [3.05, 3.63) is 29.4 Å². The molecule has 4 rings (SSSR count). The van der Waals surface area contributed by atoms with Crippen molar-refractivity contribution in [2.45, 2.75) is 37.8 Å². The number of fused-ring (bicyclic) bond motifs is 1. The van der Waals surface area contributed by atoms with Crippen LogP contribution < -0.4 is 22.1 Å². The largest absolute Gasteiger partial charge is 0.364 e. The smallest absolute Gasteiger partial charge is 0.273 e. The van der Waals surface area contributed by atoms with Crippen molar-refractivity contribution in [3.63, 3.8) is 0 Å². The highest BCUT2D eigenvalue weighted by Crippen LogP contribution is 2.25. The Morgan fingerprint density at radius 3 is 2.89 bits per heavy atom. The molecular weight excluding hydrogens is 364 g/mol. The Morgan fingerprint density at radius 2 is 2.07 bits per heavy atom. The van der Waals surface area contributed by atoms with E-state index in [4.69, 9.17) is 11.5 Å². The number of primary amides is 1. The molecular formula is C17H20N8OS. The van der Waals surface area contributed by atoms with Crippen LogP contribution in [-0.4, -0.2) is 38.2 Å². The first-order valence-corrected chi connectivity index (χ1v) is 9.65. The van der Waals surface area contributed by atoms with Gasteiger partial charge >= 0.3 is 0 Å². The second-order valence-electron chi connectivity index (χ2n) is 6.56. The van der Waals surface area contributed by atoms with Crippen LogP contribution in [0.1, 0.15) is 36.2 Å². The van der Waals surface area contributed by atoms with E-state index in [0.29, 0.717) is 5.95 Å². The predicted molar refractivity (Wildman–Crippen MR) is 105 cm³/mol. The molecule has 1 aromatic carbocycles. The number of nitrogens with two attached hydrogens (primary N) is 2. The van der Waals surface area contributed by atoms with Gasteiger partial charge < -0.3 is 22.1 Å². The molecule has 10 heteroatoms. The second kappa shape index (κ2) is 7.41. The number of nitrogens with zero attached hydrogens (tertiary/aromatic N) is 4. The van der Waals surface area contributed by atoms with Gasteiger partial charge in [0.2, 0.25) is 5.95 Å². The summed E-state index contributed by atoms with van der Waals surface area (Å²) in [4.78, 5) is 20.4. The fourth-order valence-corrected chi connectivity index (χ4v) is 3.88. The molecule has 1 fully saturated rings. The maximum Gasteiger partial charge on any atom is 0.273 e. The van der Waals surface area contributed by atoms with Crippen molar-refractivity contribution >= 4 is 44.9 Å². The van der Waals surface area contributed by atoms with Crippen LogP contribution in [0.15, 0.2) is 23.7 Å². The summed E-state index contributed by atoms with van der Waals surface area (Å²) in [7, 11) is 0. The molecule has 3 aromatic rings. The topological polar surface area (TPSA) is 145 Å². The van der Waals surface area contributed by atoms with Crippen molar-refractivity contribution in [1.82, 2.24) is 20.2 Å². The van der Waals surface area contributed by atoms with Crippen molar-refractivity contribution in [1.29, 1.82) is 0 Å². The predicted octanol–water partition coefficient (Wildman–Crippen LogP) is 2.01. The van der Waals surface area contributed by atoms with Crippen LogP contribution in [0.2, 0.25) is 0 Å². The van der Waals surface area contributed by atoms with E-state index < -0.39 is 5.91 Å². The zero-order chi connectivity index (χ0) is 18.8. The molecule has 0 radical (unpaired) electrons. The third kappa shape index (κ3) is 3.81. The molecule has 0 bridgehead atoms. The van der Waals surface area contributed by atoms with Gasteiger partial charge in [-0.15, -0.1) is 21.5 Å². The van der Waals surface area contributed by atoms with E-state index in [1.165, 1.54) is 0 Å². The minimum atomic E-state index is -0.701. The molecule has 2 atom stereocenters. The molecule has 2 aromatic heterocycles. The standard InChI is InChI=1S/C17H20N8OS/c18-10-3-1-2-4-11(10)22-17-23-16(14(15(19)26)24-25-17)21-9-5-6-13-12(7-9)20-8-27-13/h5-8,10-11H,1-4,18H2,(H2,19,26)(H2,21,22,23,25)/t10-,11+/m0/s1. The van der Waals surface area contributed by atoms with E-state index in [1.54, 1.807) is 16.8 Å². The van der Waals surface area contributed by atoms with Crippen LogP contribution in [0.5, 0.6) is 0 Å². The quantitative estimate of drug-likeness (QED) is 0.523. The minimum absolute atomic E-state index is 0.0214. The summed E-state index contributed by atoms with van der Waals surface area (Å²) in [5, 5.41) is 14.3. The lowest BCUT2D eigenvalue weighted by Gasteiger charge is -2.29. The highest BCUT2D eigenvalue weighted by molar-refractivity contribution is 7.16. The Bertz CT molecular complexity index is 974. The van der Waals surface area contributed by atoms with E-state index in [2.05, 4.69) is 30.8 Å². The van der Waals surface area contributed by atoms with Crippen LogP contribution in [0.25, 0.3) is 10.2 Å². The first-order chi connectivity index (χ1) is 13.1. The SMILES string of the molecule is NC(=O)c1nnc(N[C@@H]2CCCC[C@@H]2N)nc1Nc1ccc2scnc2c1. The molecule has 0 unspecified atom stereocenters. The van der Waals surface area contributed by atoms with E-state index in [-0.39, 0.29) is 23.6 Å². The number of rotatable bonds is 5. The molecule has 0 saturated heterocycles. The Morgan fingerprint density at radius 1 is 1.22 bits per heavy atom. The van der Waals surface area contributed by atoms with Gasteiger partial charge in [-0.05, 0) is 31.0 Å². The normalized spacial score (nSPS) is 19.7. The summed E-state index contributed by atoms with van der Waals surface area (Å²) in [6.45, 7) is 0. The lowest BCUT2D eigenvalue weighted by molar-refractivity contribution is 0.0995. The summed E-state index contributed by atoms with van der Waals surface area (Å²) in [6.07, 6.45) is 4.15. The summed E-state index contributed by atoms with van der Waals surface area (Å²) in [5.74, 6) is -0.133. The molecule has 1 amide bonds. The van der Waals surface area contributed by atoms with Crippen LogP contribution >= 0.6 is 11.3 Å². The molecule has 27 heavy (non-hydrogen) atoms. The van der Waals surface area contributed by atoms with Crippen molar-refractivity contribution < 1.29 is 4.79 Å². The maximum absolute atomic E-state index is 11.7. The van der Waals surface area contributed by atoms with Gasteiger partial charge in [0.05, 0.1) is 15.7 Å². The van der Waals surface area contributed by atoms with E-state index in [9.17, 15) is 4.79 Å². The maximum atomic E-state index is 11.7. The second-order valence-corrected chi connectivity index (χ2v) is 7.44. The van der Waals surface area contributed by atoms with E-state index in [0.717, 1.165) is 41.6 Å². The fourth-order valence-electron chi connectivity index (χ4n) is 3.22. The molecule has 1 saturated carbocycles. The Balaban J connectivity index is 1.61.